The van der Waals surface area contributed by atoms with E-state index in [1.807, 2.05) is 24.3 Å². The maximum absolute atomic E-state index is 11.9. The Morgan fingerprint density at radius 3 is 2.94 bits per heavy atom. The maximum Gasteiger partial charge on any atom is 0.260 e. The molecule has 6 heteroatoms. The molecule has 0 saturated heterocycles. The number of fused-ring (bicyclic) bond motifs is 1. The summed E-state index contributed by atoms with van der Waals surface area (Å²) in [6.07, 6.45) is 2.81. The van der Waals surface area contributed by atoms with Crippen molar-refractivity contribution in [2.24, 2.45) is 0 Å². The molecule has 0 aliphatic heterocycles. The third-order valence-corrected chi connectivity index (χ3v) is 2.63. The number of benzene rings is 1. The Balaban J connectivity index is 1.98. The van der Waals surface area contributed by atoms with Crippen molar-refractivity contribution in [1.29, 1.82) is 0 Å². The van der Waals surface area contributed by atoms with Crippen LogP contribution in [0.5, 0.6) is 0 Å². The number of carbonyl (C=O) groups excluding carboxylic acids is 1. The molecule has 0 atom stereocenters. The summed E-state index contributed by atoms with van der Waals surface area (Å²) < 4.78 is 4.85. The van der Waals surface area contributed by atoms with E-state index in [-0.39, 0.29) is 5.91 Å². The zero-order valence-electron chi connectivity index (χ0n) is 9.33. The highest BCUT2D eigenvalue weighted by molar-refractivity contribution is 6.07. The first kappa shape index (κ1) is 10.4. The molecule has 0 spiro atoms. The lowest BCUT2D eigenvalue weighted by molar-refractivity contribution is 0.102. The van der Waals surface area contributed by atoms with Crippen molar-refractivity contribution in [3.05, 3.63) is 48.4 Å². The summed E-state index contributed by atoms with van der Waals surface area (Å²) in [7, 11) is 0. The zero-order valence-corrected chi connectivity index (χ0v) is 9.33. The monoisotopic (exact) mass is 242 g/mol. The van der Waals surface area contributed by atoms with Gasteiger partial charge in [-0.25, -0.2) is 0 Å². The Bertz CT molecular complexity index is 700. The van der Waals surface area contributed by atoms with Crippen LogP contribution in [0.25, 0.3) is 10.9 Å². The average Bonchev–Trinajstić information content (AvgIpc) is 3.00. The van der Waals surface area contributed by atoms with E-state index in [9.17, 15) is 4.79 Å². The van der Waals surface area contributed by atoms with Crippen molar-refractivity contribution >= 4 is 22.6 Å². The fraction of sp³-hybridized carbons (Fsp3) is 0. The number of carbonyl (C=O) groups is 1. The summed E-state index contributed by atoms with van der Waals surface area (Å²) in [5.74, 6) is 5.85. The molecule has 90 valence electrons. The van der Waals surface area contributed by atoms with Crippen LogP contribution >= 0.6 is 0 Å². The number of anilines is 1. The smallest absolute Gasteiger partial charge is 0.260 e. The predicted molar refractivity (Wildman–Crippen MR) is 66.5 cm³/mol. The standard InChI is InChI=1S/C12H10N4O2/c13-16-10-4-2-1-3-9(10)11(15-16)14-12(17)8-5-6-18-7-8/h1-7H,13H2,(H,14,15,17). The average molecular weight is 242 g/mol. The van der Waals surface area contributed by atoms with Gasteiger partial charge in [0.05, 0.1) is 17.3 Å². The second kappa shape index (κ2) is 3.92. The largest absolute Gasteiger partial charge is 0.472 e. The van der Waals surface area contributed by atoms with Gasteiger partial charge in [-0.05, 0) is 18.2 Å². The number of hydrogen-bond acceptors (Lipinski definition) is 4. The van der Waals surface area contributed by atoms with Crippen LogP contribution in [-0.4, -0.2) is 15.8 Å². The topological polar surface area (TPSA) is 86.1 Å². The van der Waals surface area contributed by atoms with Gasteiger partial charge in [0, 0.05) is 5.39 Å². The highest BCUT2D eigenvalue weighted by atomic mass is 16.3. The Labute approximate surface area is 102 Å². The minimum Gasteiger partial charge on any atom is -0.472 e. The molecule has 0 radical (unpaired) electrons. The second-order valence-corrected chi connectivity index (χ2v) is 3.78. The Morgan fingerprint density at radius 2 is 2.17 bits per heavy atom. The van der Waals surface area contributed by atoms with Crippen LogP contribution in [0, 0.1) is 0 Å². The lowest BCUT2D eigenvalue weighted by atomic mass is 10.2. The van der Waals surface area contributed by atoms with Gasteiger partial charge < -0.3 is 15.6 Å². The molecule has 18 heavy (non-hydrogen) atoms. The predicted octanol–water partition coefficient (Wildman–Crippen LogP) is 1.60. The minimum atomic E-state index is -0.285. The molecule has 0 saturated carbocycles. The number of rotatable bonds is 2. The molecule has 2 aromatic heterocycles. The quantitative estimate of drug-likeness (QED) is 0.668. The van der Waals surface area contributed by atoms with E-state index >= 15 is 0 Å². The van der Waals surface area contributed by atoms with E-state index < -0.39 is 0 Å². The number of para-hydroxylation sites is 1. The Hall–Kier alpha value is -2.76. The maximum atomic E-state index is 11.9. The summed E-state index contributed by atoms with van der Waals surface area (Å²) in [6.45, 7) is 0. The first-order chi connectivity index (χ1) is 8.75. The number of nitrogen functional groups attached to an aromatic ring is 1. The molecule has 0 aliphatic rings. The molecule has 0 aliphatic carbocycles. The summed E-state index contributed by atoms with van der Waals surface area (Å²) in [6, 6.07) is 8.97. The van der Waals surface area contributed by atoms with Crippen molar-refractivity contribution in [2.45, 2.75) is 0 Å². The van der Waals surface area contributed by atoms with E-state index in [0.29, 0.717) is 11.4 Å². The molecule has 6 nitrogen and oxygen atoms in total. The highest BCUT2D eigenvalue weighted by Gasteiger charge is 2.13. The van der Waals surface area contributed by atoms with Gasteiger partial charge in [0.2, 0.25) is 0 Å². The molecular weight excluding hydrogens is 232 g/mol. The molecule has 0 bridgehead atoms. The Kier molecular flexibility index (Phi) is 2.26. The van der Waals surface area contributed by atoms with Gasteiger partial charge >= 0.3 is 0 Å². The molecule has 1 aromatic carbocycles. The first-order valence-corrected chi connectivity index (χ1v) is 5.32. The number of hydrogen-bond donors (Lipinski definition) is 2. The number of nitrogens with one attached hydrogen (secondary N) is 1. The van der Waals surface area contributed by atoms with Gasteiger partial charge in [-0.3, -0.25) is 4.79 Å². The van der Waals surface area contributed by atoms with E-state index in [2.05, 4.69) is 10.4 Å². The summed E-state index contributed by atoms with van der Waals surface area (Å²) >= 11 is 0. The van der Waals surface area contributed by atoms with Gasteiger partial charge in [0.15, 0.2) is 5.82 Å². The molecule has 3 N–H and O–H groups in total. The van der Waals surface area contributed by atoms with Gasteiger partial charge in [-0.2, -0.15) is 4.79 Å². The van der Waals surface area contributed by atoms with E-state index in [1.165, 1.54) is 17.3 Å². The lowest BCUT2D eigenvalue weighted by Crippen LogP contribution is -2.13. The van der Waals surface area contributed by atoms with Crippen LogP contribution < -0.4 is 11.2 Å². The molecule has 3 aromatic rings. The number of nitrogens with two attached hydrogens (primary N) is 1. The van der Waals surface area contributed by atoms with Crippen molar-refractivity contribution in [2.75, 3.05) is 11.2 Å². The number of amides is 1. The van der Waals surface area contributed by atoms with Crippen LogP contribution in [0.4, 0.5) is 5.82 Å². The van der Waals surface area contributed by atoms with Crippen LogP contribution in [0.15, 0.2) is 47.3 Å². The summed E-state index contributed by atoms with van der Waals surface area (Å²) in [5, 5.41) is 7.56. The van der Waals surface area contributed by atoms with Crippen molar-refractivity contribution < 1.29 is 9.21 Å². The van der Waals surface area contributed by atoms with E-state index in [1.54, 1.807) is 6.07 Å². The fourth-order valence-corrected chi connectivity index (χ4v) is 1.75. The van der Waals surface area contributed by atoms with Gasteiger partial charge in [0.1, 0.15) is 6.26 Å². The lowest BCUT2D eigenvalue weighted by Gasteiger charge is -1.98. The number of furan rings is 1. The third-order valence-electron chi connectivity index (χ3n) is 2.63. The number of nitrogens with zero attached hydrogens (tertiary/aromatic N) is 2. The molecule has 3 rings (SSSR count). The molecule has 0 fully saturated rings. The van der Waals surface area contributed by atoms with Crippen molar-refractivity contribution in [3.8, 4) is 0 Å². The van der Waals surface area contributed by atoms with E-state index in [0.717, 1.165) is 10.9 Å². The number of aromatic nitrogens is 2. The minimum absolute atomic E-state index is 0.285. The summed E-state index contributed by atoms with van der Waals surface area (Å²) in [4.78, 5) is 13.1. The zero-order chi connectivity index (χ0) is 12.5. The van der Waals surface area contributed by atoms with E-state index in [4.69, 9.17) is 10.3 Å². The van der Waals surface area contributed by atoms with Gasteiger partial charge in [-0.15, -0.1) is 5.10 Å². The molecule has 0 unspecified atom stereocenters. The van der Waals surface area contributed by atoms with Crippen molar-refractivity contribution in [3.63, 3.8) is 0 Å². The van der Waals surface area contributed by atoms with Crippen LogP contribution in [0.1, 0.15) is 10.4 Å². The highest BCUT2D eigenvalue weighted by Crippen LogP contribution is 2.21. The first-order valence-electron chi connectivity index (χ1n) is 5.32. The van der Waals surface area contributed by atoms with Crippen LogP contribution in [0.3, 0.4) is 0 Å². The van der Waals surface area contributed by atoms with Gasteiger partial charge in [-0.1, -0.05) is 12.1 Å². The Morgan fingerprint density at radius 1 is 1.33 bits per heavy atom. The molecular formula is C12H10N4O2. The fourth-order valence-electron chi connectivity index (χ4n) is 1.75. The molecule has 2 heterocycles. The SMILES string of the molecule is Nn1nc(NC(=O)c2ccoc2)c2ccccc21. The second-order valence-electron chi connectivity index (χ2n) is 3.78. The van der Waals surface area contributed by atoms with Crippen LogP contribution in [0.2, 0.25) is 0 Å². The van der Waals surface area contributed by atoms with Gasteiger partial charge in [0.25, 0.3) is 5.91 Å². The third kappa shape index (κ3) is 1.60. The van der Waals surface area contributed by atoms with Crippen LogP contribution in [-0.2, 0) is 0 Å². The molecule has 1 amide bonds. The summed E-state index contributed by atoms with van der Waals surface area (Å²) in [5.41, 5.74) is 1.19. The normalized spacial score (nSPS) is 10.7. The van der Waals surface area contributed by atoms with Crippen molar-refractivity contribution in [1.82, 2.24) is 9.89 Å².